The van der Waals surface area contributed by atoms with E-state index in [0.29, 0.717) is 16.8 Å². The van der Waals surface area contributed by atoms with E-state index in [-0.39, 0.29) is 10.5 Å². The summed E-state index contributed by atoms with van der Waals surface area (Å²) in [4.78, 5) is 12.8. The number of ether oxygens (including phenoxy) is 1. The Hall–Kier alpha value is -2.60. The van der Waals surface area contributed by atoms with Crippen LogP contribution < -0.4 is 0 Å². The van der Waals surface area contributed by atoms with Crippen LogP contribution in [0.2, 0.25) is 0 Å². The molecule has 130 valence electrons. The van der Waals surface area contributed by atoms with Crippen molar-refractivity contribution in [1.29, 1.82) is 0 Å². The number of methoxy groups -OCH3 is 1. The van der Waals surface area contributed by atoms with Crippen molar-refractivity contribution in [3.05, 3.63) is 64.7 Å². The van der Waals surface area contributed by atoms with Crippen LogP contribution in [0.3, 0.4) is 0 Å². The van der Waals surface area contributed by atoms with Gasteiger partial charge in [-0.1, -0.05) is 35.9 Å². The van der Waals surface area contributed by atoms with Crippen LogP contribution in [0.15, 0.2) is 47.4 Å². The van der Waals surface area contributed by atoms with Crippen LogP contribution in [0.4, 0.5) is 0 Å². The van der Waals surface area contributed by atoms with E-state index in [1.165, 1.54) is 14.2 Å². The number of nitrogens with zero attached hydrogens (tertiary/aromatic N) is 1. The summed E-state index contributed by atoms with van der Waals surface area (Å²) < 4.78 is 31.7. The molecule has 2 aromatic rings. The lowest BCUT2D eigenvalue weighted by atomic mass is 9.95. The molecule has 1 heterocycles. The van der Waals surface area contributed by atoms with Crippen molar-refractivity contribution in [1.82, 2.24) is 4.31 Å². The smallest absolute Gasteiger partial charge is 0.340 e. The molecule has 1 aliphatic heterocycles. The lowest BCUT2D eigenvalue weighted by Crippen LogP contribution is -2.21. The Morgan fingerprint density at radius 3 is 2.40 bits per heavy atom. The Morgan fingerprint density at radius 1 is 1.08 bits per heavy atom. The maximum absolute atomic E-state index is 12.8. The van der Waals surface area contributed by atoms with E-state index in [2.05, 4.69) is 0 Å². The number of esters is 1. The van der Waals surface area contributed by atoms with Crippen molar-refractivity contribution in [2.24, 2.45) is 0 Å². The third kappa shape index (κ3) is 2.62. The van der Waals surface area contributed by atoms with Crippen LogP contribution >= 0.6 is 0 Å². The molecule has 25 heavy (non-hydrogen) atoms. The molecular formula is C19H19NO4S. The minimum atomic E-state index is -3.69. The van der Waals surface area contributed by atoms with Crippen molar-refractivity contribution >= 4 is 27.3 Å². The number of carbonyl (C=O) groups is 1. The Morgan fingerprint density at radius 2 is 1.76 bits per heavy atom. The lowest BCUT2D eigenvalue weighted by molar-refractivity contribution is -0.133. The van der Waals surface area contributed by atoms with Crippen LogP contribution in [0, 0.1) is 13.8 Å². The van der Waals surface area contributed by atoms with Crippen molar-refractivity contribution in [2.75, 3.05) is 14.2 Å². The van der Waals surface area contributed by atoms with Gasteiger partial charge >= 0.3 is 5.97 Å². The van der Waals surface area contributed by atoms with E-state index in [1.807, 2.05) is 32.0 Å². The first-order chi connectivity index (χ1) is 11.8. The fraction of sp³-hybridized carbons (Fsp3) is 0.211. The highest BCUT2D eigenvalue weighted by Crippen LogP contribution is 2.42. The first-order valence-corrected chi connectivity index (χ1v) is 9.21. The molecule has 0 spiro atoms. The SMILES string of the molecule is COC(=O)/C(=C1\c2cc(C)ccc2S(=O)(=O)N1C)c1ccccc1C. The normalized spacial score (nSPS) is 17.2. The summed E-state index contributed by atoms with van der Waals surface area (Å²) in [5.74, 6) is -0.569. The summed E-state index contributed by atoms with van der Waals surface area (Å²) in [7, 11) is -0.937. The maximum Gasteiger partial charge on any atom is 0.340 e. The molecule has 5 nitrogen and oxygen atoms in total. The van der Waals surface area contributed by atoms with E-state index in [4.69, 9.17) is 4.74 Å². The first kappa shape index (κ1) is 17.2. The molecule has 0 radical (unpaired) electrons. The molecule has 0 N–H and O–H groups in total. The molecule has 0 aliphatic carbocycles. The number of fused-ring (bicyclic) bond motifs is 1. The molecule has 0 atom stereocenters. The molecule has 6 heteroatoms. The average Bonchev–Trinajstić information content (AvgIpc) is 2.76. The molecule has 0 aromatic heterocycles. The Kier molecular flexibility index (Phi) is 4.16. The van der Waals surface area contributed by atoms with Gasteiger partial charge in [-0.05, 0) is 37.1 Å². The van der Waals surface area contributed by atoms with Gasteiger partial charge < -0.3 is 4.74 Å². The van der Waals surface area contributed by atoms with Gasteiger partial charge in [-0.15, -0.1) is 0 Å². The second-order valence-corrected chi connectivity index (χ2v) is 7.94. The number of rotatable bonds is 2. The average molecular weight is 357 g/mol. The third-order valence-corrected chi connectivity index (χ3v) is 6.20. The summed E-state index contributed by atoms with van der Waals surface area (Å²) in [5.41, 5.74) is 3.54. The van der Waals surface area contributed by atoms with Crippen LogP contribution in [-0.4, -0.2) is 32.8 Å². The van der Waals surface area contributed by atoms with Crippen LogP contribution in [0.5, 0.6) is 0 Å². The zero-order valence-corrected chi connectivity index (χ0v) is 15.3. The van der Waals surface area contributed by atoms with Crippen LogP contribution in [0.25, 0.3) is 11.3 Å². The number of hydrogen-bond acceptors (Lipinski definition) is 4. The topological polar surface area (TPSA) is 63.7 Å². The molecule has 3 rings (SSSR count). The van der Waals surface area contributed by atoms with Gasteiger partial charge in [0.25, 0.3) is 10.0 Å². The van der Waals surface area contributed by atoms with Gasteiger partial charge in [-0.2, -0.15) is 0 Å². The molecule has 0 saturated heterocycles. The summed E-state index contributed by atoms with van der Waals surface area (Å²) >= 11 is 0. The number of benzene rings is 2. The summed E-state index contributed by atoms with van der Waals surface area (Å²) in [6, 6.07) is 12.5. The molecule has 0 fully saturated rings. The molecule has 0 saturated carbocycles. The zero-order chi connectivity index (χ0) is 18.4. The highest BCUT2D eigenvalue weighted by Gasteiger charge is 2.39. The summed E-state index contributed by atoms with van der Waals surface area (Å²) in [6.07, 6.45) is 0. The first-order valence-electron chi connectivity index (χ1n) is 7.77. The largest absolute Gasteiger partial charge is 0.465 e. The van der Waals surface area contributed by atoms with Gasteiger partial charge in [0.05, 0.1) is 23.3 Å². The monoisotopic (exact) mass is 357 g/mol. The zero-order valence-electron chi connectivity index (χ0n) is 14.5. The minimum absolute atomic E-state index is 0.200. The maximum atomic E-state index is 12.8. The Balaban J connectivity index is 2.45. The standard InChI is InChI=1S/C19H19NO4S/c1-12-9-10-16-15(11-12)18(20(3)25(16,22)23)17(19(21)24-4)14-8-6-5-7-13(14)2/h5-11H,1-4H3/b18-17+. The Bertz CT molecular complexity index is 1010. The second-order valence-electron chi connectivity index (χ2n) is 6.00. The van der Waals surface area contributed by atoms with Gasteiger partial charge in [-0.25, -0.2) is 13.2 Å². The number of carbonyl (C=O) groups excluding carboxylic acids is 1. The van der Waals surface area contributed by atoms with Crippen LogP contribution in [-0.2, 0) is 19.6 Å². The summed E-state index contributed by atoms with van der Waals surface area (Å²) in [5, 5.41) is 0. The predicted molar refractivity (Wildman–Crippen MR) is 96.1 cm³/mol. The van der Waals surface area contributed by atoms with Crippen molar-refractivity contribution in [3.63, 3.8) is 0 Å². The minimum Gasteiger partial charge on any atom is -0.465 e. The van der Waals surface area contributed by atoms with Crippen molar-refractivity contribution < 1.29 is 17.9 Å². The van der Waals surface area contributed by atoms with E-state index in [1.54, 1.807) is 24.3 Å². The number of sulfonamides is 1. The van der Waals surface area contributed by atoms with Gasteiger partial charge in [0.2, 0.25) is 0 Å². The van der Waals surface area contributed by atoms with E-state index in [0.717, 1.165) is 15.4 Å². The second kappa shape index (κ2) is 6.04. The third-order valence-electron chi connectivity index (χ3n) is 4.38. The summed E-state index contributed by atoms with van der Waals surface area (Å²) in [6.45, 7) is 3.76. The van der Waals surface area contributed by atoms with Crippen LogP contribution in [0.1, 0.15) is 22.3 Å². The fourth-order valence-corrected chi connectivity index (χ4v) is 4.47. The highest BCUT2D eigenvalue weighted by atomic mass is 32.2. The van der Waals surface area contributed by atoms with E-state index in [9.17, 15) is 13.2 Å². The molecule has 2 aromatic carbocycles. The van der Waals surface area contributed by atoms with Gasteiger partial charge in [0.1, 0.15) is 0 Å². The van der Waals surface area contributed by atoms with Crippen molar-refractivity contribution in [2.45, 2.75) is 18.7 Å². The molecule has 0 amide bonds. The van der Waals surface area contributed by atoms with E-state index >= 15 is 0 Å². The van der Waals surface area contributed by atoms with Crippen molar-refractivity contribution in [3.8, 4) is 0 Å². The van der Waals surface area contributed by atoms with Gasteiger partial charge in [0, 0.05) is 12.6 Å². The molecule has 0 bridgehead atoms. The predicted octanol–water partition coefficient (Wildman–Crippen LogP) is 2.98. The van der Waals surface area contributed by atoms with E-state index < -0.39 is 16.0 Å². The Labute approximate surface area is 147 Å². The number of hydrogen-bond donors (Lipinski definition) is 0. The molecule has 1 aliphatic rings. The highest BCUT2D eigenvalue weighted by molar-refractivity contribution is 7.90. The quantitative estimate of drug-likeness (QED) is 0.612. The number of aryl methyl sites for hydroxylation is 2. The molecular weight excluding hydrogens is 338 g/mol. The molecule has 0 unspecified atom stereocenters. The lowest BCUT2D eigenvalue weighted by Gasteiger charge is -2.18. The van der Waals surface area contributed by atoms with Gasteiger partial charge in [-0.3, -0.25) is 4.31 Å². The van der Waals surface area contributed by atoms with Gasteiger partial charge in [0.15, 0.2) is 0 Å². The fourth-order valence-electron chi connectivity index (χ4n) is 3.07.